The van der Waals surface area contributed by atoms with E-state index in [1.807, 2.05) is 0 Å². The molecule has 0 aromatic carbocycles. The fourth-order valence-corrected chi connectivity index (χ4v) is 2.61. The number of carbonyl (C=O) groups is 1. The summed E-state index contributed by atoms with van der Waals surface area (Å²) < 4.78 is 14.7. The zero-order chi connectivity index (χ0) is 20.2. The minimum atomic E-state index is -4.45. The molecule has 0 aliphatic carbocycles. The summed E-state index contributed by atoms with van der Waals surface area (Å²) in [6.07, 6.45) is 23.2. The fourth-order valence-electron chi connectivity index (χ4n) is 2.28. The van der Waals surface area contributed by atoms with Crippen molar-refractivity contribution in [2.75, 3.05) is 13.2 Å². The molecule has 0 heterocycles. The summed E-state index contributed by atoms with van der Waals surface area (Å²) in [4.78, 5) is 28.5. The Kier molecular flexibility index (Phi) is 17.4. The van der Waals surface area contributed by atoms with E-state index < -0.39 is 7.82 Å². The zero-order valence-electron chi connectivity index (χ0n) is 16.5. The van der Waals surface area contributed by atoms with Gasteiger partial charge in [0.1, 0.15) is 0 Å². The van der Waals surface area contributed by atoms with E-state index in [1.54, 1.807) is 0 Å². The predicted molar refractivity (Wildman–Crippen MR) is 110 cm³/mol. The number of hydrogen-bond acceptors (Lipinski definition) is 3. The molecule has 156 valence electrons. The lowest BCUT2D eigenvalue weighted by molar-refractivity contribution is -0.121. The first-order valence-corrected chi connectivity index (χ1v) is 11.4. The number of phosphoric ester groups is 1. The van der Waals surface area contributed by atoms with Gasteiger partial charge in [0.2, 0.25) is 5.91 Å². The van der Waals surface area contributed by atoms with E-state index in [0.29, 0.717) is 6.42 Å². The molecule has 6 nitrogen and oxygen atoms in total. The van der Waals surface area contributed by atoms with Gasteiger partial charge in [-0.05, 0) is 44.9 Å². The predicted octanol–water partition coefficient (Wildman–Crippen LogP) is 4.80. The fraction of sp³-hybridized carbons (Fsp3) is 0.650. The molecule has 7 heteroatoms. The van der Waals surface area contributed by atoms with E-state index in [-0.39, 0.29) is 19.1 Å². The number of amides is 1. The lowest BCUT2D eigenvalue weighted by atomic mass is 10.1. The number of carbonyl (C=O) groups excluding carboxylic acids is 1. The smallest absolute Gasteiger partial charge is 0.354 e. The Morgan fingerprint density at radius 2 is 1.48 bits per heavy atom. The molecule has 0 aromatic rings. The van der Waals surface area contributed by atoms with Crippen molar-refractivity contribution in [3.8, 4) is 0 Å². The minimum absolute atomic E-state index is 0.101. The normalized spacial score (nSPS) is 12.6. The Labute approximate surface area is 164 Å². The highest BCUT2D eigenvalue weighted by molar-refractivity contribution is 7.46. The number of hydrogen-bond donors (Lipinski definition) is 3. The molecule has 0 aromatic heterocycles. The molecule has 0 unspecified atom stereocenters. The molecule has 0 rings (SSSR count). The molecule has 0 radical (unpaired) electrons. The first-order chi connectivity index (χ1) is 13.0. The van der Waals surface area contributed by atoms with Crippen molar-refractivity contribution >= 4 is 13.7 Å². The number of allylic oxidation sites excluding steroid dienone is 6. The molecule has 0 aliphatic rings. The quantitative estimate of drug-likeness (QED) is 0.185. The lowest BCUT2D eigenvalue weighted by Crippen LogP contribution is -2.26. The van der Waals surface area contributed by atoms with Crippen molar-refractivity contribution in [2.45, 2.75) is 71.1 Å². The number of rotatable bonds is 17. The molecule has 27 heavy (non-hydrogen) atoms. The highest BCUT2D eigenvalue weighted by Gasteiger charge is 2.12. The van der Waals surface area contributed by atoms with Crippen LogP contribution in [0.3, 0.4) is 0 Å². The maximum atomic E-state index is 11.5. The van der Waals surface area contributed by atoms with Crippen LogP contribution in [0.25, 0.3) is 0 Å². The Morgan fingerprint density at radius 1 is 0.926 bits per heavy atom. The van der Waals surface area contributed by atoms with Gasteiger partial charge in [-0.1, -0.05) is 56.2 Å². The van der Waals surface area contributed by atoms with Crippen LogP contribution in [0.2, 0.25) is 0 Å². The highest BCUT2D eigenvalue weighted by Crippen LogP contribution is 2.35. The van der Waals surface area contributed by atoms with E-state index >= 15 is 0 Å². The molecule has 0 fully saturated rings. The van der Waals surface area contributed by atoms with Crippen LogP contribution in [0, 0.1) is 0 Å². The van der Waals surface area contributed by atoms with Gasteiger partial charge in [-0.25, -0.2) is 4.57 Å². The summed E-state index contributed by atoms with van der Waals surface area (Å²) >= 11 is 0. The van der Waals surface area contributed by atoms with Crippen LogP contribution in [-0.4, -0.2) is 28.8 Å². The number of phosphoric acid groups is 1. The van der Waals surface area contributed by atoms with Crippen LogP contribution in [0.15, 0.2) is 36.5 Å². The summed E-state index contributed by atoms with van der Waals surface area (Å²) in [7, 11) is -4.45. The Bertz CT molecular complexity index is 497. The second kappa shape index (κ2) is 18.2. The second-order valence-corrected chi connectivity index (χ2v) is 7.54. The van der Waals surface area contributed by atoms with Gasteiger partial charge in [0.25, 0.3) is 0 Å². The summed E-state index contributed by atoms with van der Waals surface area (Å²) in [5.74, 6) is -0.126. The van der Waals surface area contributed by atoms with E-state index in [1.165, 1.54) is 25.7 Å². The summed E-state index contributed by atoms with van der Waals surface area (Å²) in [6, 6.07) is 0. The van der Waals surface area contributed by atoms with Crippen molar-refractivity contribution in [1.82, 2.24) is 5.32 Å². The van der Waals surface area contributed by atoms with Gasteiger partial charge in [-0.2, -0.15) is 0 Å². The van der Waals surface area contributed by atoms with Gasteiger partial charge in [0.15, 0.2) is 0 Å². The van der Waals surface area contributed by atoms with E-state index in [2.05, 4.69) is 53.2 Å². The van der Waals surface area contributed by atoms with Crippen LogP contribution in [-0.2, 0) is 13.9 Å². The van der Waals surface area contributed by atoms with Crippen LogP contribution in [0.5, 0.6) is 0 Å². The van der Waals surface area contributed by atoms with Gasteiger partial charge >= 0.3 is 7.82 Å². The average molecular weight is 401 g/mol. The molecule has 0 saturated carbocycles. The molecule has 0 spiro atoms. The molecule has 0 saturated heterocycles. The first-order valence-electron chi connectivity index (χ1n) is 9.87. The maximum absolute atomic E-state index is 11.5. The molecule has 0 bridgehead atoms. The topological polar surface area (TPSA) is 95.9 Å². The van der Waals surface area contributed by atoms with Gasteiger partial charge in [-0.15, -0.1) is 0 Å². The first kappa shape index (κ1) is 25.8. The van der Waals surface area contributed by atoms with Crippen molar-refractivity contribution < 1.29 is 23.7 Å². The van der Waals surface area contributed by atoms with Gasteiger partial charge in [0, 0.05) is 13.0 Å². The summed E-state index contributed by atoms with van der Waals surface area (Å²) in [5, 5.41) is 2.56. The van der Waals surface area contributed by atoms with E-state index in [0.717, 1.165) is 32.1 Å². The molecule has 0 atom stereocenters. The van der Waals surface area contributed by atoms with Crippen molar-refractivity contribution in [2.24, 2.45) is 0 Å². The number of nitrogens with one attached hydrogen (secondary N) is 1. The van der Waals surface area contributed by atoms with Crippen LogP contribution < -0.4 is 5.32 Å². The monoisotopic (exact) mass is 401 g/mol. The van der Waals surface area contributed by atoms with Gasteiger partial charge in [0.05, 0.1) is 6.61 Å². The molecular formula is C20H36NO5P. The van der Waals surface area contributed by atoms with Crippen LogP contribution in [0.1, 0.15) is 71.1 Å². The SMILES string of the molecule is CCCCCC=CCC=CCC=CCCCCC(=O)NCCOP(=O)(O)O. The second-order valence-electron chi connectivity index (χ2n) is 6.30. The van der Waals surface area contributed by atoms with Crippen LogP contribution in [0.4, 0.5) is 0 Å². The zero-order valence-corrected chi connectivity index (χ0v) is 17.4. The van der Waals surface area contributed by atoms with Crippen molar-refractivity contribution in [3.63, 3.8) is 0 Å². The third-order valence-corrected chi connectivity index (χ3v) is 4.25. The highest BCUT2D eigenvalue weighted by atomic mass is 31.2. The van der Waals surface area contributed by atoms with E-state index in [4.69, 9.17) is 9.79 Å². The molecule has 1 amide bonds. The molecule has 3 N–H and O–H groups in total. The van der Waals surface area contributed by atoms with E-state index in [9.17, 15) is 9.36 Å². The maximum Gasteiger partial charge on any atom is 0.469 e. The average Bonchev–Trinajstić information content (AvgIpc) is 2.61. The third-order valence-electron chi connectivity index (χ3n) is 3.73. The standard InChI is InChI=1S/C20H36NO5P/c1-2-3-4-5-6-7-8-9-10-11-12-13-14-15-16-17-20(22)21-18-19-26-27(23,24)25/h6-7,9-10,12-13H,2-5,8,11,14-19H2,1H3,(H,21,22)(H2,23,24,25). The van der Waals surface area contributed by atoms with Crippen molar-refractivity contribution in [3.05, 3.63) is 36.5 Å². The Balaban J connectivity index is 3.45. The molecular weight excluding hydrogens is 365 g/mol. The molecule has 0 aliphatic heterocycles. The lowest BCUT2D eigenvalue weighted by Gasteiger charge is -2.06. The largest absolute Gasteiger partial charge is 0.469 e. The Hall–Kier alpha value is -1.20. The third kappa shape index (κ3) is 22.8. The van der Waals surface area contributed by atoms with Crippen LogP contribution >= 0.6 is 7.82 Å². The van der Waals surface area contributed by atoms with Gasteiger partial charge in [-0.3, -0.25) is 9.32 Å². The Morgan fingerprint density at radius 3 is 2.04 bits per heavy atom. The van der Waals surface area contributed by atoms with Gasteiger partial charge < -0.3 is 15.1 Å². The summed E-state index contributed by atoms with van der Waals surface area (Å²) in [6.45, 7) is 2.12. The summed E-state index contributed by atoms with van der Waals surface area (Å²) in [5.41, 5.74) is 0. The minimum Gasteiger partial charge on any atom is -0.354 e. The van der Waals surface area contributed by atoms with Crippen molar-refractivity contribution in [1.29, 1.82) is 0 Å². The number of unbranched alkanes of at least 4 members (excludes halogenated alkanes) is 5.